The fourth-order valence-electron chi connectivity index (χ4n) is 5.47. The molecule has 2 unspecified atom stereocenters. The van der Waals surface area contributed by atoms with Crippen molar-refractivity contribution in [3.63, 3.8) is 0 Å². The summed E-state index contributed by atoms with van der Waals surface area (Å²) in [7, 11) is 0. The van der Waals surface area contributed by atoms with Gasteiger partial charge in [0.15, 0.2) is 0 Å². The van der Waals surface area contributed by atoms with Crippen molar-refractivity contribution >= 4 is 22.1 Å². The molecule has 2 aromatic heterocycles. The number of rotatable bonds is 3. The molecule has 0 radical (unpaired) electrons. The van der Waals surface area contributed by atoms with Gasteiger partial charge >= 0.3 is 0 Å². The van der Waals surface area contributed by atoms with Crippen LogP contribution in [0.15, 0.2) is 76.9 Å². The van der Waals surface area contributed by atoms with E-state index in [2.05, 4.69) is 75.5 Å². The van der Waals surface area contributed by atoms with Crippen molar-refractivity contribution in [2.24, 2.45) is 5.92 Å². The zero-order valence-electron chi connectivity index (χ0n) is 16.8. The van der Waals surface area contributed by atoms with Gasteiger partial charge in [-0.25, -0.2) is 0 Å². The van der Waals surface area contributed by atoms with Crippen LogP contribution >= 0.6 is 11.3 Å². The predicted octanol–water partition coefficient (Wildman–Crippen LogP) is 5.35. The lowest BCUT2D eigenvalue weighted by atomic mass is 9.80. The average Bonchev–Trinajstić information content (AvgIpc) is 3.27. The number of fused-ring (bicyclic) bond motifs is 5. The Kier molecular flexibility index (Phi) is 4.36. The maximum absolute atomic E-state index is 12.8. The van der Waals surface area contributed by atoms with Gasteiger partial charge in [0.2, 0.25) is 0 Å². The Morgan fingerprint density at radius 1 is 0.900 bits per heavy atom. The molecule has 0 aliphatic carbocycles. The van der Waals surface area contributed by atoms with E-state index >= 15 is 0 Å². The van der Waals surface area contributed by atoms with Gasteiger partial charge < -0.3 is 4.57 Å². The van der Waals surface area contributed by atoms with Gasteiger partial charge in [-0.1, -0.05) is 42.5 Å². The molecule has 1 fully saturated rings. The second-order valence-corrected chi connectivity index (χ2v) is 9.75. The third kappa shape index (κ3) is 3.11. The van der Waals surface area contributed by atoms with Gasteiger partial charge in [0.05, 0.1) is 0 Å². The molecule has 0 amide bonds. The van der Waals surface area contributed by atoms with Crippen molar-refractivity contribution in [1.82, 2.24) is 9.47 Å². The highest BCUT2D eigenvalue weighted by atomic mass is 32.1. The first-order valence-corrected chi connectivity index (χ1v) is 11.6. The van der Waals surface area contributed by atoms with Gasteiger partial charge in [-0.2, -0.15) is 0 Å². The van der Waals surface area contributed by atoms with Crippen LogP contribution in [0, 0.1) is 5.92 Å². The van der Waals surface area contributed by atoms with Crippen LogP contribution in [0.3, 0.4) is 0 Å². The van der Waals surface area contributed by atoms with Crippen LogP contribution in [0.5, 0.6) is 0 Å². The molecule has 0 spiro atoms. The van der Waals surface area contributed by atoms with Gasteiger partial charge in [0.1, 0.15) is 0 Å². The molecule has 0 saturated carbocycles. The Labute approximate surface area is 180 Å². The molecule has 0 N–H and O–H groups in total. The summed E-state index contributed by atoms with van der Waals surface area (Å²) < 4.78 is 2.08. The minimum atomic E-state index is 0.149. The van der Waals surface area contributed by atoms with Crippen LogP contribution in [-0.2, 0) is 13.1 Å². The Balaban J connectivity index is 1.42. The Morgan fingerprint density at radius 3 is 2.67 bits per heavy atom. The van der Waals surface area contributed by atoms with Gasteiger partial charge in [0.25, 0.3) is 5.56 Å². The van der Waals surface area contributed by atoms with Crippen LogP contribution < -0.4 is 5.56 Å². The molecule has 3 nitrogen and oxygen atoms in total. The molecule has 2 aliphatic heterocycles. The SMILES string of the molecule is O=c1ccc(-c2ccc3ccccc3c2)c2n1CC1CC2CN(Cc2cccs2)C1. The number of hydrogen-bond acceptors (Lipinski definition) is 3. The summed E-state index contributed by atoms with van der Waals surface area (Å²) in [5.74, 6) is 0.966. The fraction of sp³-hybridized carbons (Fsp3) is 0.269. The minimum Gasteiger partial charge on any atom is -0.311 e. The molecule has 4 heteroatoms. The third-order valence-electron chi connectivity index (χ3n) is 6.69. The first-order valence-electron chi connectivity index (χ1n) is 10.7. The maximum Gasteiger partial charge on any atom is 0.250 e. The lowest BCUT2D eigenvalue weighted by molar-refractivity contribution is 0.115. The smallest absolute Gasteiger partial charge is 0.250 e. The fourth-order valence-corrected chi connectivity index (χ4v) is 6.21. The quantitative estimate of drug-likeness (QED) is 0.453. The minimum absolute atomic E-state index is 0.149. The second-order valence-electron chi connectivity index (χ2n) is 8.72. The van der Waals surface area contributed by atoms with Crippen LogP contribution in [0.25, 0.3) is 21.9 Å². The van der Waals surface area contributed by atoms with Gasteiger partial charge in [-0.15, -0.1) is 11.3 Å². The highest BCUT2D eigenvalue weighted by Crippen LogP contribution is 2.40. The normalized spacial score (nSPS) is 20.9. The van der Waals surface area contributed by atoms with E-state index in [0.717, 1.165) is 26.2 Å². The zero-order valence-corrected chi connectivity index (χ0v) is 17.6. The van der Waals surface area contributed by atoms with E-state index in [1.165, 1.54) is 38.9 Å². The van der Waals surface area contributed by atoms with Crippen LogP contribution in [0.1, 0.15) is 22.9 Å². The molecule has 4 aromatic rings. The van der Waals surface area contributed by atoms with E-state index in [0.29, 0.717) is 11.8 Å². The molecule has 2 atom stereocenters. The van der Waals surface area contributed by atoms with E-state index in [9.17, 15) is 4.79 Å². The van der Waals surface area contributed by atoms with Crippen molar-refractivity contribution in [1.29, 1.82) is 0 Å². The number of hydrogen-bond donors (Lipinski definition) is 0. The van der Waals surface area contributed by atoms with Crippen LogP contribution in [0.2, 0.25) is 0 Å². The zero-order chi connectivity index (χ0) is 20.1. The highest BCUT2D eigenvalue weighted by Gasteiger charge is 2.36. The summed E-state index contributed by atoms with van der Waals surface area (Å²) in [6.07, 6.45) is 1.19. The maximum atomic E-state index is 12.8. The van der Waals surface area contributed by atoms with Gasteiger partial charge in [-0.3, -0.25) is 9.69 Å². The Hall–Kier alpha value is -2.69. The van der Waals surface area contributed by atoms with Gasteiger partial charge in [0, 0.05) is 54.3 Å². The highest BCUT2D eigenvalue weighted by molar-refractivity contribution is 7.09. The van der Waals surface area contributed by atoms with Crippen LogP contribution in [0.4, 0.5) is 0 Å². The lowest BCUT2D eigenvalue weighted by Crippen LogP contribution is -2.46. The molecule has 2 aliphatic rings. The lowest BCUT2D eigenvalue weighted by Gasteiger charge is -2.43. The standard InChI is InChI=1S/C26H24N2OS/c29-25-10-9-24(21-8-7-19-4-1-2-5-20(19)13-21)26-22-12-18(15-28(25)26)14-27(16-22)17-23-6-3-11-30-23/h1-11,13,18,22H,12,14-17H2. The van der Waals surface area contributed by atoms with Crippen LogP contribution in [-0.4, -0.2) is 22.6 Å². The number of aromatic nitrogens is 1. The molecule has 1 saturated heterocycles. The van der Waals surface area contributed by atoms with E-state index in [4.69, 9.17) is 0 Å². The molecule has 6 rings (SSSR count). The summed E-state index contributed by atoms with van der Waals surface area (Å²) in [6, 6.07) is 23.3. The number of likely N-dealkylation sites (tertiary alicyclic amines) is 1. The Bertz CT molecular complexity index is 1270. The van der Waals surface area contributed by atoms with E-state index in [-0.39, 0.29) is 5.56 Å². The Morgan fingerprint density at radius 2 is 1.80 bits per heavy atom. The van der Waals surface area contributed by atoms with E-state index in [1.807, 2.05) is 11.3 Å². The average molecular weight is 413 g/mol. The number of benzene rings is 2. The van der Waals surface area contributed by atoms with Crippen molar-refractivity contribution < 1.29 is 0 Å². The first kappa shape index (κ1) is 18.1. The molecule has 150 valence electrons. The molecule has 2 aromatic carbocycles. The summed E-state index contributed by atoms with van der Waals surface area (Å²) in [6.45, 7) is 3.97. The van der Waals surface area contributed by atoms with Gasteiger partial charge in [-0.05, 0) is 52.3 Å². The third-order valence-corrected chi connectivity index (χ3v) is 7.55. The number of nitrogens with zero attached hydrogens (tertiary/aromatic N) is 2. The molecule has 4 heterocycles. The molecule has 2 bridgehead atoms. The number of pyridine rings is 1. The molecule has 30 heavy (non-hydrogen) atoms. The largest absolute Gasteiger partial charge is 0.311 e. The van der Waals surface area contributed by atoms with E-state index < -0.39 is 0 Å². The second kappa shape index (κ2) is 7.22. The first-order chi connectivity index (χ1) is 14.7. The van der Waals surface area contributed by atoms with Crippen molar-refractivity contribution in [2.75, 3.05) is 13.1 Å². The van der Waals surface area contributed by atoms with E-state index in [1.54, 1.807) is 6.07 Å². The summed E-state index contributed by atoms with van der Waals surface area (Å²) >= 11 is 1.84. The predicted molar refractivity (Wildman–Crippen MR) is 124 cm³/mol. The topological polar surface area (TPSA) is 25.2 Å². The monoisotopic (exact) mass is 412 g/mol. The number of piperidine rings is 1. The summed E-state index contributed by atoms with van der Waals surface area (Å²) in [4.78, 5) is 16.8. The molecular formula is C26H24N2OS. The van der Waals surface area contributed by atoms with Crippen molar-refractivity contribution in [3.05, 3.63) is 93.0 Å². The van der Waals surface area contributed by atoms with Crippen molar-refractivity contribution in [2.45, 2.75) is 25.4 Å². The molecular weight excluding hydrogens is 388 g/mol. The van der Waals surface area contributed by atoms with Crippen molar-refractivity contribution in [3.8, 4) is 11.1 Å². The number of thiophene rings is 1. The summed E-state index contributed by atoms with van der Waals surface area (Å²) in [5.41, 5.74) is 3.83. The summed E-state index contributed by atoms with van der Waals surface area (Å²) in [5, 5.41) is 4.66.